The Bertz CT molecular complexity index is 300. The van der Waals surface area contributed by atoms with Crippen molar-refractivity contribution in [3.63, 3.8) is 0 Å². The third-order valence-corrected chi connectivity index (χ3v) is 3.33. The minimum absolute atomic E-state index is 0.787. The predicted octanol–water partition coefficient (Wildman–Crippen LogP) is 1.62. The number of hydrogen-bond donors (Lipinski definition) is 1. The molecule has 2 heterocycles. The summed E-state index contributed by atoms with van der Waals surface area (Å²) < 4.78 is 2.21. The molecule has 0 aromatic carbocycles. The smallest absolute Gasteiger partial charge is 0.133 e. The number of rotatable bonds is 4. The third kappa shape index (κ3) is 3.04. The average Bonchev–Trinajstić information content (AvgIpc) is 2.56. The van der Waals surface area contributed by atoms with Crippen molar-refractivity contribution in [1.82, 2.24) is 20.1 Å². The predicted molar refractivity (Wildman–Crippen MR) is 64.2 cm³/mol. The molecule has 1 aromatic rings. The van der Waals surface area contributed by atoms with E-state index in [0.717, 1.165) is 31.8 Å². The lowest BCUT2D eigenvalue weighted by Crippen LogP contribution is -2.15. The minimum atomic E-state index is 0.787. The second-order valence-electron chi connectivity index (χ2n) is 4.69. The molecule has 0 aliphatic carbocycles. The molecule has 4 nitrogen and oxygen atoms in total. The van der Waals surface area contributed by atoms with E-state index in [4.69, 9.17) is 0 Å². The lowest BCUT2D eigenvalue weighted by atomic mass is 9.96. The summed E-state index contributed by atoms with van der Waals surface area (Å²) in [5, 5.41) is 11.7. The van der Waals surface area contributed by atoms with Crippen LogP contribution < -0.4 is 5.32 Å². The lowest BCUT2D eigenvalue weighted by molar-refractivity contribution is 0.447. The maximum absolute atomic E-state index is 4.25. The zero-order valence-corrected chi connectivity index (χ0v) is 10.2. The van der Waals surface area contributed by atoms with Crippen molar-refractivity contribution < 1.29 is 0 Å². The van der Waals surface area contributed by atoms with E-state index in [0.29, 0.717) is 0 Å². The molecule has 1 fully saturated rings. The first kappa shape index (κ1) is 11.6. The lowest BCUT2D eigenvalue weighted by Gasteiger charge is -2.13. The fourth-order valence-electron chi connectivity index (χ4n) is 2.42. The fourth-order valence-corrected chi connectivity index (χ4v) is 2.42. The Morgan fingerprint density at radius 3 is 3.25 bits per heavy atom. The Kier molecular flexibility index (Phi) is 4.34. The minimum Gasteiger partial charge on any atom is -0.318 e. The van der Waals surface area contributed by atoms with Gasteiger partial charge in [0.15, 0.2) is 0 Å². The van der Waals surface area contributed by atoms with Crippen LogP contribution in [-0.4, -0.2) is 27.9 Å². The topological polar surface area (TPSA) is 42.7 Å². The first-order valence-electron chi connectivity index (χ1n) is 6.47. The Labute approximate surface area is 97.5 Å². The molecule has 0 amide bonds. The van der Waals surface area contributed by atoms with Crippen LogP contribution >= 0.6 is 0 Å². The second kappa shape index (κ2) is 5.99. The van der Waals surface area contributed by atoms with E-state index in [9.17, 15) is 0 Å². The third-order valence-electron chi connectivity index (χ3n) is 3.33. The normalized spacial score (nSPS) is 21.9. The number of nitrogens with zero attached hydrogens (tertiary/aromatic N) is 3. The van der Waals surface area contributed by atoms with E-state index in [2.05, 4.69) is 27.0 Å². The number of hydrogen-bond acceptors (Lipinski definition) is 3. The van der Waals surface area contributed by atoms with Crippen LogP contribution in [0.15, 0.2) is 6.33 Å². The maximum Gasteiger partial charge on any atom is 0.133 e. The van der Waals surface area contributed by atoms with Crippen molar-refractivity contribution >= 4 is 0 Å². The van der Waals surface area contributed by atoms with Gasteiger partial charge in [0.25, 0.3) is 0 Å². The summed E-state index contributed by atoms with van der Waals surface area (Å²) in [6.45, 7) is 5.58. The molecular formula is C12H22N4. The number of aryl methyl sites for hydroxylation is 1. The van der Waals surface area contributed by atoms with Crippen LogP contribution in [0.3, 0.4) is 0 Å². The van der Waals surface area contributed by atoms with Crippen molar-refractivity contribution in [3.05, 3.63) is 12.2 Å². The average molecular weight is 222 g/mol. The monoisotopic (exact) mass is 222 g/mol. The largest absolute Gasteiger partial charge is 0.318 e. The Morgan fingerprint density at radius 1 is 1.44 bits per heavy atom. The summed E-state index contributed by atoms with van der Waals surface area (Å²) in [7, 11) is 0. The van der Waals surface area contributed by atoms with Crippen LogP contribution in [0.5, 0.6) is 0 Å². The van der Waals surface area contributed by atoms with Gasteiger partial charge in [0.2, 0.25) is 0 Å². The molecule has 2 rings (SSSR count). The summed E-state index contributed by atoms with van der Waals surface area (Å²) in [4.78, 5) is 0. The van der Waals surface area contributed by atoms with Crippen LogP contribution in [0.4, 0.5) is 0 Å². The summed E-state index contributed by atoms with van der Waals surface area (Å²) in [5.74, 6) is 1.96. The van der Waals surface area contributed by atoms with Gasteiger partial charge in [-0.3, -0.25) is 0 Å². The molecule has 1 unspecified atom stereocenters. The highest BCUT2D eigenvalue weighted by Gasteiger charge is 2.15. The molecule has 90 valence electrons. The van der Waals surface area contributed by atoms with E-state index in [1.54, 1.807) is 0 Å². The van der Waals surface area contributed by atoms with Crippen molar-refractivity contribution in [2.75, 3.05) is 13.1 Å². The van der Waals surface area contributed by atoms with E-state index < -0.39 is 0 Å². The highest BCUT2D eigenvalue weighted by atomic mass is 15.3. The summed E-state index contributed by atoms with van der Waals surface area (Å²) >= 11 is 0. The number of aromatic nitrogens is 3. The van der Waals surface area contributed by atoms with Gasteiger partial charge in [-0.2, -0.15) is 0 Å². The van der Waals surface area contributed by atoms with Crippen LogP contribution in [0.1, 0.15) is 38.4 Å². The van der Waals surface area contributed by atoms with E-state index in [1.165, 1.54) is 31.6 Å². The Morgan fingerprint density at radius 2 is 2.38 bits per heavy atom. The first-order valence-corrected chi connectivity index (χ1v) is 6.47. The molecule has 16 heavy (non-hydrogen) atoms. The van der Waals surface area contributed by atoms with E-state index >= 15 is 0 Å². The quantitative estimate of drug-likeness (QED) is 0.842. The molecular weight excluding hydrogens is 200 g/mol. The SMILES string of the molecule is CCCn1cnnc1CC1CCCNCC1. The van der Waals surface area contributed by atoms with Crippen LogP contribution in [0.2, 0.25) is 0 Å². The van der Waals surface area contributed by atoms with Crippen LogP contribution in [0.25, 0.3) is 0 Å². The van der Waals surface area contributed by atoms with Gasteiger partial charge in [0, 0.05) is 13.0 Å². The van der Waals surface area contributed by atoms with Crippen LogP contribution in [-0.2, 0) is 13.0 Å². The van der Waals surface area contributed by atoms with Gasteiger partial charge in [0.1, 0.15) is 12.2 Å². The molecule has 0 bridgehead atoms. The van der Waals surface area contributed by atoms with Crippen LogP contribution in [0, 0.1) is 5.92 Å². The highest BCUT2D eigenvalue weighted by Crippen LogP contribution is 2.18. The molecule has 1 aliphatic rings. The summed E-state index contributed by atoms with van der Waals surface area (Å²) in [6.07, 6.45) is 8.02. The zero-order valence-electron chi connectivity index (χ0n) is 10.2. The van der Waals surface area contributed by atoms with Gasteiger partial charge >= 0.3 is 0 Å². The molecule has 1 saturated heterocycles. The van der Waals surface area contributed by atoms with Gasteiger partial charge in [-0.15, -0.1) is 10.2 Å². The zero-order chi connectivity index (χ0) is 11.2. The summed E-state index contributed by atoms with van der Waals surface area (Å²) in [5.41, 5.74) is 0. The maximum atomic E-state index is 4.25. The van der Waals surface area contributed by atoms with Crippen molar-refractivity contribution in [2.45, 2.75) is 45.6 Å². The fraction of sp³-hybridized carbons (Fsp3) is 0.833. The molecule has 1 N–H and O–H groups in total. The van der Waals surface area contributed by atoms with E-state index in [-0.39, 0.29) is 0 Å². The molecule has 1 aromatic heterocycles. The van der Waals surface area contributed by atoms with E-state index in [1.807, 2.05) is 6.33 Å². The Balaban J connectivity index is 1.93. The van der Waals surface area contributed by atoms with Crippen molar-refractivity contribution in [2.24, 2.45) is 5.92 Å². The molecule has 0 saturated carbocycles. The molecule has 1 atom stereocenters. The molecule has 0 radical (unpaired) electrons. The van der Waals surface area contributed by atoms with Gasteiger partial charge < -0.3 is 9.88 Å². The molecule has 1 aliphatic heterocycles. The first-order chi connectivity index (χ1) is 7.90. The van der Waals surface area contributed by atoms with Crippen molar-refractivity contribution in [3.8, 4) is 0 Å². The Hall–Kier alpha value is -0.900. The molecule has 4 heteroatoms. The van der Waals surface area contributed by atoms with Gasteiger partial charge in [-0.1, -0.05) is 6.92 Å². The van der Waals surface area contributed by atoms with Crippen molar-refractivity contribution in [1.29, 1.82) is 0 Å². The summed E-state index contributed by atoms with van der Waals surface area (Å²) in [6, 6.07) is 0. The van der Waals surface area contributed by atoms with Gasteiger partial charge in [-0.25, -0.2) is 0 Å². The highest BCUT2D eigenvalue weighted by molar-refractivity contribution is 4.89. The van der Waals surface area contributed by atoms with Gasteiger partial charge in [0.05, 0.1) is 0 Å². The molecule has 0 spiro atoms. The number of nitrogens with one attached hydrogen (secondary N) is 1. The van der Waals surface area contributed by atoms with Gasteiger partial charge in [-0.05, 0) is 44.7 Å². The second-order valence-corrected chi connectivity index (χ2v) is 4.69. The standard InChI is InChI=1S/C12H22N4/c1-2-8-16-10-14-15-12(16)9-11-4-3-6-13-7-5-11/h10-11,13H,2-9H2,1H3.